The van der Waals surface area contributed by atoms with Gasteiger partial charge < -0.3 is 9.47 Å². The molecular weight excluding hydrogens is 316 g/mol. The summed E-state index contributed by atoms with van der Waals surface area (Å²) in [7, 11) is 0. The topological polar surface area (TPSA) is 52.6 Å². The van der Waals surface area contributed by atoms with Crippen LogP contribution >= 0.6 is 0 Å². The third-order valence-corrected chi connectivity index (χ3v) is 3.03. The molecule has 0 saturated heterocycles. The lowest BCUT2D eigenvalue weighted by atomic mass is 10.1. The van der Waals surface area contributed by atoms with Gasteiger partial charge >= 0.3 is 11.9 Å². The second-order valence-electron chi connectivity index (χ2n) is 5.07. The quantitative estimate of drug-likeness (QED) is 0.457. The van der Waals surface area contributed by atoms with E-state index < -0.39 is 5.97 Å². The Hall–Kier alpha value is -3.14. The highest BCUT2D eigenvalue weighted by Crippen LogP contribution is 2.19. The molecule has 130 valence electrons. The number of hydrogen-bond donors (Lipinski definition) is 0. The van der Waals surface area contributed by atoms with E-state index in [0.29, 0.717) is 17.1 Å². The number of aryl methyl sites for hydroxylation is 1. The van der Waals surface area contributed by atoms with Crippen LogP contribution in [0.5, 0.6) is 11.5 Å². The van der Waals surface area contributed by atoms with Gasteiger partial charge in [-0.1, -0.05) is 56.5 Å². The van der Waals surface area contributed by atoms with Gasteiger partial charge in [-0.3, -0.25) is 0 Å². The van der Waals surface area contributed by atoms with E-state index >= 15 is 0 Å². The van der Waals surface area contributed by atoms with E-state index in [0.717, 1.165) is 18.1 Å². The van der Waals surface area contributed by atoms with Crippen molar-refractivity contribution in [2.75, 3.05) is 0 Å². The first-order valence-corrected chi connectivity index (χ1v) is 7.82. The Balaban J connectivity index is 0.000000257. The molecule has 0 aliphatic rings. The Morgan fingerprint density at radius 2 is 1.60 bits per heavy atom. The molecule has 0 aliphatic carbocycles. The summed E-state index contributed by atoms with van der Waals surface area (Å²) in [6, 6.07) is 16.4. The molecule has 0 amide bonds. The van der Waals surface area contributed by atoms with Crippen molar-refractivity contribution >= 4 is 11.9 Å². The number of hydrogen-bond acceptors (Lipinski definition) is 4. The zero-order valence-corrected chi connectivity index (χ0v) is 14.5. The van der Waals surface area contributed by atoms with Crippen molar-refractivity contribution in [2.45, 2.75) is 20.3 Å². The van der Waals surface area contributed by atoms with Crippen molar-refractivity contribution in [1.29, 1.82) is 0 Å². The molecule has 0 heterocycles. The minimum atomic E-state index is -0.434. The van der Waals surface area contributed by atoms with Crippen LogP contribution in [-0.2, 0) is 16.0 Å². The first kappa shape index (κ1) is 19.9. The van der Waals surface area contributed by atoms with Gasteiger partial charge in [0.2, 0.25) is 0 Å². The summed E-state index contributed by atoms with van der Waals surface area (Å²) in [5.41, 5.74) is 1.44. The zero-order valence-electron chi connectivity index (χ0n) is 14.5. The molecule has 0 N–H and O–H groups in total. The van der Waals surface area contributed by atoms with Crippen LogP contribution in [0.4, 0.5) is 0 Å². The number of esters is 2. The standard InChI is InChI=1S/C12H14O2.C9H8O2/c1-4-10-7-5-6-8-11(10)14-12(13)9(2)3;1-2-9(10)11-8-6-4-3-5-7-8/h5-8H,2,4H2,1,3H3;2-7H,1H2. The Morgan fingerprint density at radius 1 is 1.00 bits per heavy atom. The summed E-state index contributed by atoms with van der Waals surface area (Å²) >= 11 is 0. The molecule has 0 bridgehead atoms. The van der Waals surface area contributed by atoms with E-state index in [4.69, 9.17) is 9.47 Å². The molecule has 2 rings (SSSR count). The van der Waals surface area contributed by atoms with Crippen LogP contribution in [0.3, 0.4) is 0 Å². The van der Waals surface area contributed by atoms with Crippen molar-refractivity contribution in [3.63, 3.8) is 0 Å². The molecule has 0 saturated carbocycles. The van der Waals surface area contributed by atoms with E-state index in [1.807, 2.05) is 31.2 Å². The third-order valence-electron chi connectivity index (χ3n) is 3.03. The monoisotopic (exact) mass is 338 g/mol. The van der Waals surface area contributed by atoms with Crippen LogP contribution in [0.15, 0.2) is 79.4 Å². The molecule has 0 spiro atoms. The van der Waals surface area contributed by atoms with Crippen LogP contribution in [0.25, 0.3) is 0 Å². The Morgan fingerprint density at radius 3 is 2.16 bits per heavy atom. The van der Waals surface area contributed by atoms with Crippen molar-refractivity contribution in [1.82, 2.24) is 0 Å². The SMILES string of the molecule is C=C(C)C(=O)Oc1ccccc1CC.C=CC(=O)Oc1ccccc1. The van der Waals surface area contributed by atoms with Gasteiger partial charge in [-0.2, -0.15) is 0 Å². The number of carbonyl (C=O) groups excluding carboxylic acids is 2. The van der Waals surface area contributed by atoms with Gasteiger partial charge in [0.25, 0.3) is 0 Å². The molecule has 0 radical (unpaired) electrons. The summed E-state index contributed by atoms with van der Waals surface area (Å²) in [6.07, 6.45) is 1.98. The Labute approximate surface area is 148 Å². The van der Waals surface area contributed by atoms with Gasteiger partial charge in [0.15, 0.2) is 0 Å². The van der Waals surface area contributed by atoms with Gasteiger partial charge in [-0.15, -0.1) is 0 Å². The highest BCUT2D eigenvalue weighted by Gasteiger charge is 2.07. The number of carbonyl (C=O) groups is 2. The van der Waals surface area contributed by atoms with Crippen LogP contribution in [0.1, 0.15) is 19.4 Å². The van der Waals surface area contributed by atoms with Gasteiger partial charge in [0.1, 0.15) is 11.5 Å². The first-order chi connectivity index (χ1) is 12.0. The number of para-hydroxylation sites is 2. The predicted molar refractivity (Wildman–Crippen MR) is 98.5 cm³/mol. The molecule has 0 fully saturated rings. The van der Waals surface area contributed by atoms with Crippen LogP contribution in [0.2, 0.25) is 0 Å². The molecule has 2 aromatic rings. The molecule has 0 aliphatic heterocycles. The fourth-order valence-electron chi connectivity index (χ4n) is 1.73. The zero-order chi connectivity index (χ0) is 18.7. The molecule has 4 nitrogen and oxygen atoms in total. The smallest absolute Gasteiger partial charge is 0.338 e. The molecule has 2 aromatic carbocycles. The summed E-state index contributed by atoms with van der Waals surface area (Å²) < 4.78 is 9.97. The van der Waals surface area contributed by atoms with Gasteiger partial charge in [-0.25, -0.2) is 9.59 Å². The summed E-state index contributed by atoms with van der Waals surface area (Å²) in [6.45, 7) is 10.5. The average molecular weight is 338 g/mol. The molecule has 0 atom stereocenters. The number of ether oxygens (including phenoxy) is 2. The van der Waals surface area contributed by atoms with Crippen LogP contribution in [-0.4, -0.2) is 11.9 Å². The van der Waals surface area contributed by atoms with Crippen molar-refractivity contribution < 1.29 is 19.1 Å². The molecule has 25 heavy (non-hydrogen) atoms. The van der Waals surface area contributed by atoms with E-state index in [1.165, 1.54) is 0 Å². The number of rotatable bonds is 5. The fourth-order valence-corrected chi connectivity index (χ4v) is 1.73. The largest absolute Gasteiger partial charge is 0.423 e. The van der Waals surface area contributed by atoms with E-state index in [-0.39, 0.29) is 5.97 Å². The van der Waals surface area contributed by atoms with Gasteiger partial charge in [-0.05, 0) is 37.1 Å². The van der Waals surface area contributed by atoms with E-state index in [9.17, 15) is 9.59 Å². The highest BCUT2D eigenvalue weighted by molar-refractivity contribution is 5.88. The molecular formula is C21H22O4. The lowest BCUT2D eigenvalue weighted by Gasteiger charge is -2.07. The van der Waals surface area contributed by atoms with Crippen LogP contribution < -0.4 is 9.47 Å². The fraction of sp³-hybridized carbons (Fsp3) is 0.143. The second-order valence-corrected chi connectivity index (χ2v) is 5.07. The normalized spacial score (nSPS) is 9.20. The van der Waals surface area contributed by atoms with Gasteiger partial charge in [0, 0.05) is 11.6 Å². The van der Waals surface area contributed by atoms with Crippen molar-refractivity contribution in [2.24, 2.45) is 0 Å². The number of benzene rings is 2. The third kappa shape index (κ3) is 7.31. The minimum Gasteiger partial charge on any atom is -0.423 e. The maximum absolute atomic E-state index is 11.3. The van der Waals surface area contributed by atoms with E-state index in [2.05, 4.69) is 13.2 Å². The maximum Gasteiger partial charge on any atom is 0.338 e. The Bertz CT molecular complexity index is 733. The van der Waals surface area contributed by atoms with Gasteiger partial charge in [0.05, 0.1) is 0 Å². The lowest BCUT2D eigenvalue weighted by molar-refractivity contribution is -0.130. The van der Waals surface area contributed by atoms with Crippen molar-refractivity contribution in [3.8, 4) is 11.5 Å². The van der Waals surface area contributed by atoms with E-state index in [1.54, 1.807) is 37.3 Å². The summed E-state index contributed by atoms with van der Waals surface area (Å²) in [5, 5.41) is 0. The molecule has 0 aromatic heterocycles. The maximum atomic E-state index is 11.3. The summed E-state index contributed by atoms with van der Waals surface area (Å²) in [4.78, 5) is 21.9. The summed E-state index contributed by atoms with van der Waals surface area (Å²) in [5.74, 6) is 0.363. The minimum absolute atomic E-state index is 0.370. The molecule has 0 unspecified atom stereocenters. The second kappa shape index (κ2) is 10.6. The highest BCUT2D eigenvalue weighted by atomic mass is 16.5. The molecule has 4 heteroatoms. The predicted octanol–water partition coefficient (Wildman–Crippen LogP) is 4.51. The van der Waals surface area contributed by atoms with Crippen LogP contribution in [0, 0.1) is 0 Å². The van der Waals surface area contributed by atoms with Crippen molar-refractivity contribution in [3.05, 3.63) is 85.0 Å². The Kier molecular flexibility index (Phi) is 8.44. The lowest BCUT2D eigenvalue weighted by Crippen LogP contribution is -2.09. The average Bonchev–Trinajstić information content (AvgIpc) is 2.63. The first-order valence-electron chi connectivity index (χ1n) is 7.82.